The number of piperidine rings is 1. The van der Waals surface area contributed by atoms with Crippen LogP contribution >= 0.6 is 0 Å². The Hall–Kier alpha value is -1.75. The van der Waals surface area contributed by atoms with Crippen molar-refractivity contribution in [2.75, 3.05) is 13.1 Å². The largest absolute Gasteiger partial charge is 0.507 e. The predicted molar refractivity (Wildman–Crippen MR) is 90.5 cm³/mol. The zero-order chi connectivity index (χ0) is 17.0. The van der Waals surface area contributed by atoms with Crippen molar-refractivity contribution in [2.24, 2.45) is 0 Å². The van der Waals surface area contributed by atoms with Crippen LogP contribution in [0.15, 0.2) is 18.2 Å². The number of para-hydroxylation sites is 1. The summed E-state index contributed by atoms with van der Waals surface area (Å²) >= 11 is 0. The van der Waals surface area contributed by atoms with Crippen LogP contribution in [0.4, 0.5) is 4.79 Å². The van der Waals surface area contributed by atoms with E-state index in [4.69, 9.17) is 4.74 Å². The molecule has 0 saturated carbocycles. The maximum absolute atomic E-state index is 12.0. The van der Waals surface area contributed by atoms with Gasteiger partial charge < -0.3 is 20.1 Å². The number of nitrogens with zero attached hydrogens (tertiary/aromatic N) is 1. The van der Waals surface area contributed by atoms with Crippen LogP contribution in [0, 0.1) is 6.92 Å². The van der Waals surface area contributed by atoms with Gasteiger partial charge in [0, 0.05) is 31.2 Å². The molecule has 23 heavy (non-hydrogen) atoms. The fourth-order valence-electron chi connectivity index (χ4n) is 2.71. The SMILES string of the molecule is Cc1cccc(CNC2CCN(C(=O)OC(C)(C)C)CC2)c1O. The van der Waals surface area contributed by atoms with E-state index in [1.165, 1.54) is 0 Å². The molecule has 0 unspecified atom stereocenters. The van der Waals surface area contributed by atoms with Gasteiger partial charge in [0.15, 0.2) is 0 Å². The average molecular weight is 320 g/mol. The van der Waals surface area contributed by atoms with E-state index < -0.39 is 5.60 Å². The molecular formula is C18H28N2O3. The number of rotatable bonds is 3. The molecule has 0 atom stereocenters. The van der Waals surface area contributed by atoms with Crippen LogP contribution in [0.5, 0.6) is 5.75 Å². The predicted octanol–water partition coefficient (Wildman–Crippen LogP) is 3.19. The number of nitrogens with one attached hydrogen (secondary N) is 1. The molecule has 0 bridgehead atoms. The van der Waals surface area contributed by atoms with E-state index in [9.17, 15) is 9.90 Å². The van der Waals surface area contributed by atoms with Crippen molar-refractivity contribution in [2.45, 2.75) is 58.7 Å². The van der Waals surface area contributed by atoms with Crippen LogP contribution in [0.1, 0.15) is 44.7 Å². The molecule has 1 aliphatic heterocycles. The molecule has 1 aromatic rings. The van der Waals surface area contributed by atoms with E-state index in [-0.39, 0.29) is 6.09 Å². The van der Waals surface area contributed by atoms with Gasteiger partial charge >= 0.3 is 6.09 Å². The number of hydrogen-bond acceptors (Lipinski definition) is 4. The lowest BCUT2D eigenvalue weighted by Crippen LogP contribution is -2.46. The Balaban J connectivity index is 1.79. The second-order valence-electron chi connectivity index (χ2n) is 7.21. The van der Waals surface area contributed by atoms with Crippen molar-refractivity contribution in [1.82, 2.24) is 10.2 Å². The number of phenols is 1. The topological polar surface area (TPSA) is 61.8 Å². The lowest BCUT2D eigenvalue weighted by atomic mass is 10.0. The first-order valence-corrected chi connectivity index (χ1v) is 8.25. The lowest BCUT2D eigenvalue weighted by molar-refractivity contribution is 0.0198. The van der Waals surface area contributed by atoms with Crippen molar-refractivity contribution in [3.8, 4) is 5.75 Å². The molecule has 0 spiro atoms. The summed E-state index contributed by atoms with van der Waals surface area (Å²) in [5.41, 5.74) is 1.36. The van der Waals surface area contributed by atoms with Gasteiger partial charge in [-0.05, 0) is 46.1 Å². The molecule has 1 aliphatic rings. The summed E-state index contributed by atoms with van der Waals surface area (Å²) in [6.45, 7) is 9.59. The second kappa shape index (κ2) is 7.21. The van der Waals surface area contributed by atoms with Gasteiger partial charge in [0.25, 0.3) is 0 Å². The molecule has 5 heteroatoms. The minimum Gasteiger partial charge on any atom is -0.507 e. The molecule has 128 valence electrons. The summed E-state index contributed by atoms with van der Waals surface area (Å²) in [5.74, 6) is 0.367. The Kier molecular flexibility index (Phi) is 5.52. The Labute approximate surface area is 138 Å². The third kappa shape index (κ3) is 5.13. The maximum atomic E-state index is 12.0. The van der Waals surface area contributed by atoms with Crippen LogP contribution in [0.25, 0.3) is 0 Å². The van der Waals surface area contributed by atoms with Crippen LogP contribution in [-0.4, -0.2) is 40.8 Å². The first-order chi connectivity index (χ1) is 10.8. The highest BCUT2D eigenvalue weighted by atomic mass is 16.6. The van der Waals surface area contributed by atoms with Gasteiger partial charge in [0.1, 0.15) is 11.4 Å². The van der Waals surface area contributed by atoms with Crippen LogP contribution in [0.3, 0.4) is 0 Å². The van der Waals surface area contributed by atoms with Crippen LogP contribution in [0.2, 0.25) is 0 Å². The zero-order valence-corrected chi connectivity index (χ0v) is 14.6. The molecular weight excluding hydrogens is 292 g/mol. The quantitative estimate of drug-likeness (QED) is 0.898. The monoisotopic (exact) mass is 320 g/mol. The number of likely N-dealkylation sites (tertiary alicyclic amines) is 1. The van der Waals surface area contributed by atoms with Crippen molar-refractivity contribution < 1.29 is 14.6 Å². The molecule has 1 fully saturated rings. The molecule has 1 heterocycles. The van der Waals surface area contributed by atoms with E-state index >= 15 is 0 Å². The standard InChI is InChI=1S/C18H28N2O3/c1-13-6-5-7-14(16(13)21)12-19-15-8-10-20(11-9-15)17(22)23-18(2,3)4/h5-7,15,19,21H,8-12H2,1-4H3. The molecule has 1 aromatic carbocycles. The summed E-state index contributed by atoms with van der Waals surface area (Å²) < 4.78 is 5.40. The summed E-state index contributed by atoms with van der Waals surface area (Å²) in [5, 5.41) is 13.5. The Morgan fingerprint density at radius 2 is 2.00 bits per heavy atom. The van der Waals surface area contributed by atoms with Crippen molar-refractivity contribution in [1.29, 1.82) is 0 Å². The van der Waals surface area contributed by atoms with Gasteiger partial charge in [0.05, 0.1) is 0 Å². The minimum atomic E-state index is -0.450. The Bertz CT molecular complexity index is 544. The van der Waals surface area contributed by atoms with Crippen LogP contribution < -0.4 is 5.32 Å². The number of benzene rings is 1. The molecule has 0 aliphatic carbocycles. The van der Waals surface area contributed by atoms with Crippen LogP contribution in [-0.2, 0) is 11.3 Å². The van der Waals surface area contributed by atoms with Gasteiger partial charge in [-0.2, -0.15) is 0 Å². The minimum absolute atomic E-state index is 0.229. The maximum Gasteiger partial charge on any atom is 0.410 e. The molecule has 1 saturated heterocycles. The highest BCUT2D eigenvalue weighted by Crippen LogP contribution is 2.22. The highest BCUT2D eigenvalue weighted by molar-refractivity contribution is 5.68. The number of phenolic OH excluding ortho intramolecular Hbond substituents is 1. The summed E-state index contributed by atoms with van der Waals surface area (Å²) in [7, 11) is 0. The molecule has 0 radical (unpaired) electrons. The van der Waals surface area contributed by atoms with E-state index in [0.717, 1.165) is 24.0 Å². The zero-order valence-electron chi connectivity index (χ0n) is 14.6. The first-order valence-electron chi connectivity index (χ1n) is 8.25. The number of aromatic hydroxyl groups is 1. The van der Waals surface area contributed by atoms with E-state index in [1.807, 2.05) is 45.9 Å². The first kappa shape index (κ1) is 17.6. The van der Waals surface area contributed by atoms with E-state index in [2.05, 4.69) is 5.32 Å². The van der Waals surface area contributed by atoms with Gasteiger partial charge in [0.2, 0.25) is 0 Å². The Morgan fingerprint density at radius 3 is 2.61 bits per heavy atom. The number of amides is 1. The second-order valence-corrected chi connectivity index (χ2v) is 7.21. The number of carbonyl (C=O) groups excluding carboxylic acids is 1. The molecule has 2 N–H and O–H groups in total. The number of hydrogen-bond donors (Lipinski definition) is 2. The van der Waals surface area contributed by atoms with Crippen molar-refractivity contribution in [3.05, 3.63) is 29.3 Å². The Morgan fingerprint density at radius 1 is 1.35 bits per heavy atom. The molecule has 2 rings (SSSR count). The summed E-state index contributed by atoms with van der Waals surface area (Å²) in [4.78, 5) is 13.8. The third-order valence-electron chi connectivity index (χ3n) is 4.05. The van der Waals surface area contributed by atoms with Gasteiger partial charge in [-0.15, -0.1) is 0 Å². The molecule has 5 nitrogen and oxygen atoms in total. The van der Waals surface area contributed by atoms with Gasteiger partial charge in [-0.25, -0.2) is 4.79 Å². The van der Waals surface area contributed by atoms with Crippen molar-refractivity contribution in [3.63, 3.8) is 0 Å². The number of aryl methyl sites for hydroxylation is 1. The summed E-state index contributed by atoms with van der Waals surface area (Å²) in [6.07, 6.45) is 1.56. The highest BCUT2D eigenvalue weighted by Gasteiger charge is 2.26. The fraction of sp³-hybridized carbons (Fsp3) is 0.611. The lowest BCUT2D eigenvalue weighted by Gasteiger charge is -2.33. The van der Waals surface area contributed by atoms with Gasteiger partial charge in [-0.1, -0.05) is 18.2 Å². The van der Waals surface area contributed by atoms with E-state index in [1.54, 1.807) is 4.90 Å². The third-order valence-corrected chi connectivity index (χ3v) is 4.05. The fourth-order valence-corrected chi connectivity index (χ4v) is 2.71. The number of carbonyl (C=O) groups is 1. The smallest absolute Gasteiger partial charge is 0.410 e. The van der Waals surface area contributed by atoms with Crippen molar-refractivity contribution >= 4 is 6.09 Å². The molecule has 0 aromatic heterocycles. The normalized spacial score (nSPS) is 16.4. The molecule has 1 amide bonds. The van der Waals surface area contributed by atoms with E-state index in [0.29, 0.717) is 31.4 Å². The summed E-state index contributed by atoms with van der Waals surface area (Å²) in [6, 6.07) is 6.15. The average Bonchev–Trinajstić information content (AvgIpc) is 2.47. The van der Waals surface area contributed by atoms with Gasteiger partial charge in [-0.3, -0.25) is 0 Å². The number of ether oxygens (including phenoxy) is 1.